The van der Waals surface area contributed by atoms with Crippen molar-refractivity contribution in [3.63, 3.8) is 0 Å². The summed E-state index contributed by atoms with van der Waals surface area (Å²) in [6.07, 6.45) is 0. The Balaban J connectivity index is 1.92. The number of carbonyl (C=O) groups is 1. The highest BCUT2D eigenvalue weighted by atomic mass is 35.5. The van der Waals surface area contributed by atoms with Crippen LogP contribution in [-0.2, 0) is 4.74 Å². The number of benzene rings is 2. The minimum Gasteiger partial charge on any atom is -0.461 e. The predicted octanol–water partition coefficient (Wildman–Crippen LogP) is 3.97. The van der Waals surface area contributed by atoms with Crippen molar-refractivity contribution < 1.29 is 9.53 Å². The van der Waals surface area contributed by atoms with E-state index in [2.05, 4.69) is 15.4 Å². The molecule has 0 fully saturated rings. The van der Waals surface area contributed by atoms with E-state index in [1.54, 1.807) is 6.92 Å². The molecule has 3 rings (SSSR count). The fourth-order valence-electron chi connectivity index (χ4n) is 2.26. The molecule has 0 saturated heterocycles. The lowest BCUT2D eigenvalue weighted by Gasteiger charge is -2.05. The van der Waals surface area contributed by atoms with Gasteiger partial charge in [0.25, 0.3) is 0 Å². The van der Waals surface area contributed by atoms with Crippen LogP contribution in [0.5, 0.6) is 0 Å². The molecular formula is C17H14ClN3O2. The van der Waals surface area contributed by atoms with E-state index in [-0.39, 0.29) is 5.69 Å². The minimum atomic E-state index is -0.491. The van der Waals surface area contributed by atoms with E-state index >= 15 is 0 Å². The molecular weight excluding hydrogens is 314 g/mol. The van der Waals surface area contributed by atoms with Gasteiger partial charge in [-0.15, -0.1) is 5.10 Å². The molecule has 0 aliphatic heterocycles. The van der Waals surface area contributed by atoms with Crippen LogP contribution in [0.15, 0.2) is 48.5 Å². The Morgan fingerprint density at radius 1 is 1.09 bits per heavy atom. The van der Waals surface area contributed by atoms with E-state index in [4.69, 9.17) is 16.3 Å². The summed E-state index contributed by atoms with van der Waals surface area (Å²) in [5.41, 5.74) is 3.49. The summed E-state index contributed by atoms with van der Waals surface area (Å²) in [6.45, 7) is 2.04. The van der Waals surface area contributed by atoms with Crippen LogP contribution < -0.4 is 0 Å². The molecule has 6 heteroatoms. The van der Waals surface area contributed by atoms with Gasteiger partial charge in [-0.25, -0.2) is 4.79 Å². The normalized spacial score (nSPS) is 10.5. The van der Waals surface area contributed by atoms with Gasteiger partial charge in [-0.05, 0) is 30.2 Å². The molecule has 0 bridgehead atoms. The van der Waals surface area contributed by atoms with Crippen molar-refractivity contribution in [1.82, 2.24) is 15.4 Å². The zero-order valence-corrected chi connectivity index (χ0v) is 13.2. The van der Waals surface area contributed by atoms with Crippen LogP contribution in [0.3, 0.4) is 0 Å². The number of hydrogen-bond donors (Lipinski definition) is 1. The molecule has 3 aromatic rings. The van der Waals surface area contributed by atoms with Gasteiger partial charge in [0, 0.05) is 10.6 Å². The molecule has 0 radical (unpaired) electrons. The SMILES string of the molecule is CCOC(=O)c1n[nH]nc1-c1ccc(-c2cccc(Cl)c2)cc1. The lowest BCUT2D eigenvalue weighted by molar-refractivity contribution is 0.0520. The van der Waals surface area contributed by atoms with Gasteiger partial charge in [0.05, 0.1) is 6.61 Å². The third-order valence-corrected chi connectivity index (χ3v) is 3.57. The van der Waals surface area contributed by atoms with Gasteiger partial charge in [0.1, 0.15) is 5.69 Å². The highest BCUT2D eigenvalue weighted by molar-refractivity contribution is 6.30. The first-order chi connectivity index (χ1) is 11.2. The largest absolute Gasteiger partial charge is 0.461 e. The van der Waals surface area contributed by atoms with Gasteiger partial charge < -0.3 is 4.74 Å². The van der Waals surface area contributed by atoms with E-state index in [0.29, 0.717) is 17.3 Å². The summed E-state index contributed by atoms with van der Waals surface area (Å²) in [5, 5.41) is 11.1. The molecule has 0 saturated carbocycles. The average Bonchev–Trinajstić information content (AvgIpc) is 3.05. The maximum Gasteiger partial charge on any atom is 0.361 e. The molecule has 1 aromatic heterocycles. The van der Waals surface area contributed by atoms with Crippen molar-refractivity contribution in [2.45, 2.75) is 6.92 Å². The first-order valence-electron chi connectivity index (χ1n) is 7.13. The molecule has 1 heterocycles. The molecule has 0 unspecified atom stereocenters. The fourth-order valence-corrected chi connectivity index (χ4v) is 2.45. The molecule has 1 N–H and O–H groups in total. The Hall–Kier alpha value is -2.66. The molecule has 0 aliphatic rings. The summed E-state index contributed by atoms with van der Waals surface area (Å²) in [5.74, 6) is -0.491. The maximum absolute atomic E-state index is 11.9. The lowest BCUT2D eigenvalue weighted by atomic mass is 10.0. The van der Waals surface area contributed by atoms with Crippen molar-refractivity contribution >= 4 is 17.6 Å². The zero-order chi connectivity index (χ0) is 16.2. The van der Waals surface area contributed by atoms with E-state index in [0.717, 1.165) is 16.7 Å². The van der Waals surface area contributed by atoms with Crippen molar-refractivity contribution in [2.24, 2.45) is 0 Å². The van der Waals surface area contributed by atoms with Crippen LogP contribution in [0, 0.1) is 0 Å². The number of H-pyrrole nitrogens is 1. The van der Waals surface area contributed by atoms with Crippen molar-refractivity contribution in [3.05, 3.63) is 59.2 Å². The van der Waals surface area contributed by atoms with Crippen LogP contribution in [0.4, 0.5) is 0 Å². The monoisotopic (exact) mass is 327 g/mol. The summed E-state index contributed by atoms with van der Waals surface area (Å²) >= 11 is 6.02. The summed E-state index contributed by atoms with van der Waals surface area (Å²) < 4.78 is 4.98. The van der Waals surface area contributed by atoms with Crippen LogP contribution in [-0.4, -0.2) is 28.0 Å². The Morgan fingerprint density at radius 2 is 1.83 bits per heavy atom. The number of esters is 1. The van der Waals surface area contributed by atoms with Crippen LogP contribution >= 0.6 is 11.6 Å². The molecule has 0 aliphatic carbocycles. The quantitative estimate of drug-likeness (QED) is 0.736. The summed E-state index contributed by atoms with van der Waals surface area (Å²) in [7, 11) is 0. The third kappa shape index (κ3) is 3.24. The van der Waals surface area contributed by atoms with E-state index in [1.165, 1.54) is 0 Å². The van der Waals surface area contributed by atoms with Gasteiger partial charge in [0.2, 0.25) is 0 Å². The highest BCUT2D eigenvalue weighted by Crippen LogP contribution is 2.26. The smallest absolute Gasteiger partial charge is 0.361 e. The minimum absolute atomic E-state index is 0.183. The molecule has 0 atom stereocenters. The number of aromatic amines is 1. The number of hydrogen-bond acceptors (Lipinski definition) is 4. The number of halogens is 1. The Morgan fingerprint density at radius 3 is 2.52 bits per heavy atom. The van der Waals surface area contributed by atoms with Gasteiger partial charge >= 0.3 is 5.97 Å². The van der Waals surface area contributed by atoms with Crippen molar-refractivity contribution in [3.8, 4) is 22.4 Å². The second-order valence-electron chi connectivity index (χ2n) is 4.83. The Labute approximate surface area is 138 Å². The molecule has 23 heavy (non-hydrogen) atoms. The fraction of sp³-hybridized carbons (Fsp3) is 0.118. The average molecular weight is 328 g/mol. The third-order valence-electron chi connectivity index (χ3n) is 3.33. The molecule has 0 spiro atoms. The first kappa shape index (κ1) is 15.2. The highest BCUT2D eigenvalue weighted by Gasteiger charge is 2.18. The summed E-state index contributed by atoms with van der Waals surface area (Å²) in [6, 6.07) is 15.3. The Kier molecular flexibility index (Phi) is 4.39. The maximum atomic E-state index is 11.9. The molecule has 116 valence electrons. The number of nitrogens with one attached hydrogen (secondary N) is 1. The van der Waals surface area contributed by atoms with Gasteiger partial charge in [0.15, 0.2) is 5.69 Å². The second-order valence-corrected chi connectivity index (χ2v) is 5.27. The van der Waals surface area contributed by atoms with E-state index in [1.807, 2.05) is 48.5 Å². The van der Waals surface area contributed by atoms with E-state index in [9.17, 15) is 4.79 Å². The number of nitrogens with zero attached hydrogens (tertiary/aromatic N) is 2. The van der Waals surface area contributed by atoms with Crippen molar-refractivity contribution in [1.29, 1.82) is 0 Å². The zero-order valence-electron chi connectivity index (χ0n) is 12.4. The van der Waals surface area contributed by atoms with Crippen molar-refractivity contribution in [2.75, 3.05) is 6.61 Å². The molecule has 5 nitrogen and oxygen atoms in total. The van der Waals surface area contributed by atoms with Crippen LogP contribution in [0.1, 0.15) is 17.4 Å². The number of aromatic nitrogens is 3. The predicted molar refractivity (Wildman–Crippen MR) is 88.2 cm³/mol. The molecule has 0 amide bonds. The van der Waals surface area contributed by atoms with Gasteiger partial charge in [-0.3, -0.25) is 0 Å². The van der Waals surface area contributed by atoms with Crippen LogP contribution in [0.25, 0.3) is 22.4 Å². The number of carbonyl (C=O) groups excluding carboxylic acids is 1. The van der Waals surface area contributed by atoms with E-state index < -0.39 is 5.97 Å². The Bertz CT molecular complexity index is 828. The van der Waals surface area contributed by atoms with Gasteiger partial charge in [-0.2, -0.15) is 10.3 Å². The van der Waals surface area contributed by atoms with Gasteiger partial charge in [-0.1, -0.05) is 48.0 Å². The number of ether oxygens (including phenoxy) is 1. The topological polar surface area (TPSA) is 67.9 Å². The summed E-state index contributed by atoms with van der Waals surface area (Å²) in [4.78, 5) is 11.9. The van der Waals surface area contributed by atoms with Crippen LogP contribution in [0.2, 0.25) is 5.02 Å². The standard InChI is InChI=1S/C17H14ClN3O2/c1-2-23-17(22)16-15(19-21-20-16)12-8-6-11(7-9-12)13-4-3-5-14(18)10-13/h3-10H,2H2,1H3,(H,19,20,21). The second kappa shape index (κ2) is 6.62. The first-order valence-corrected chi connectivity index (χ1v) is 7.51. The lowest BCUT2D eigenvalue weighted by Crippen LogP contribution is -2.06. The molecule has 2 aromatic carbocycles. The number of rotatable bonds is 4.